The number of aromatic nitrogens is 1. The molecule has 3 nitrogen and oxygen atoms in total. The van der Waals surface area contributed by atoms with Crippen LogP contribution in [0, 0.1) is 11.8 Å². The highest BCUT2D eigenvalue weighted by atomic mass is 16.1. The number of hydrogen-bond donors (Lipinski definition) is 0. The Labute approximate surface area is 126 Å². The first kappa shape index (κ1) is 14.6. The van der Waals surface area contributed by atoms with Gasteiger partial charge in [0.15, 0.2) is 11.6 Å². The minimum atomic E-state index is -0.0523. The fourth-order valence-electron chi connectivity index (χ4n) is 3.94. The second-order valence-electron chi connectivity index (χ2n) is 7.14. The Hall–Kier alpha value is -1.38. The fraction of sp³-hybridized carbons (Fsp3) is 0.667. The number of Topliss-reactive ketones (excluding diaryl/α,β-unsaturated/α-hetero) is 2. The summed E-state index contributed by atoms with van der Waals surface area (Å²) in [5, 5.41) is 0. The monoisotopic (exact) mass is 287 g/mol. The van der Waals surface area contributed by atoms with E-state index in [4.69, 9.17) is 0 Å². The molecule has 3 heteroatoms. The minimum absolute atomic E-state index is 0.0523. The topological polar surface area (TPSA) is 39.1 Å². The van der Waals surface area contributed by atoms with E-state index >= 15 is 0 Å². The lowest BCUT2D eigenvalue weighted by Crippen LogP contribution is -2.19. The third-order valence-electron chi connectivity index (χ3n) is 4.98. The van der Waals surface area contributed by atoms with Crippen molar-refractivity contribution >= 4 is 11.6 Å². The summed E-state index contributed by atoms with van der Waals surface area (Å²) < 4.78 is 2.36. The van der Waals surface area contributed by atoms with Gasteiger partial charge in [0, 0.05) is 40.4 Å². The van der Waals surface area contributed by atoms with Crippen molar-refractivity contribution in [2.45, 2.75) is 65.8 Å². The van der Waals surface area contributed by atoms with Gasteiger partial charge in [-0.25, -0.2) is 0 Å². The number of nitrogens with zero attached hydrogens (tertiary/aromatic N) is 1. The summed E-state index contributed by atoms with van der Waals surface area (Å²) in [7, 11) is 0. The van der Waals surface area contributed by atoms with Gasteiger partial charge in [-0.1, -0.05) is 27.7 Å². The van der Waals surface area contributed by atoms with Crippen molar-refractivity contribution in [3.05, 3.63) is 22.5 Å². The van der Waals surface area contributed by atoms with Crippen LogP contribution in [-0.4, -0.2) is 16.1 Å². The molecule has 1 atom stereocenters. The Morgan fingerprint density at radius 1 is 0.905 bits per heavy atom. The summed E-state index contributed by atoms with van der Waals surface area (Å²) in [6.45, 7) is 7.73. The summed E-state index contributed by atoms with van der Waals surface area (Å²) in [4.78, 5) is 25.5. The van der Waals surface area contributed by atoms with Gasteiger partial charge in [-0.2, -0.15) is 0 Å². The molecule has 1 aromatic rings. The molecule has 0 fully saturated rings. The molecule has 0 amide bonds. The predicted molar refractivity (Wildman–Crippen MR) is 83.1 cm³/mol. The third kappa shape index (κ3) is 2.09. The molecule has 0 spiro atoms. The van der Waals surface area contributed by atoms with Crippen molar-refractivity contribution in [3.8, 4) is 0 Å². The van der Waals surface area contributed by atoms with E-state index in [1.165, 1.54) is 6.42 Å². The Bertz CT molecular complexity index is 586. The van der Waals surface area contributed by atoms with E-state index in [1.54, 1.807) is 0 Å². The first-order valence-corrected chi connectivity index (χ1v) is 8.27. The number of carbonyl (C=O) groups is 2. The van der Waals surface area contributed by atoms with Crippen molar-refractivity contribution in [1.82, 2.24) is 4.57 Å². The molecule has 1 unspecified atom stereocenters. The maximum atomic E-state index is 12.7. The molecule has 3 rings (SSSR count). The Morgan fingerprint density at radius 2 is 1.43 bits per heavy atom. The SMILES string of the molecule is CC(C)C(=O)c1c(C(=O)C(C)C)c2n3c1CCCC3CC2. The summed E-state index contributed by atoms with van der Waals surface area (Å²) in [6.07, 6.45) is 5.37. The van der Waals surface area contributed by atoms with Crippen LogP contribution in [0.1, 0.15) is 85.1 Å². The van der Waals surface area contributed by atoms with E-state index in [0.717, 1.165) is 48.2 Å². The standard InChI is InChI=1S/C18H25NO2/c1-10(2)17(20)15-13-7-5-6-12-8-9-14(19(12)13)16(15)18(21)11(3)4/h10-12H,5-9H2,1-4H3. The van der Waals surface area contributed by atoms with Crippen LogP contribution in [-0.2, 0) is 12.8 Å². The summed E-state index contributed by atoms with van der Waals surface area (Å²) in [6, 6.07) is 0.524. The molecular formula is C18H25NO2. The summed E-state index contributed by atoms with van der Waals surface area (Å²) in [5.74, 6) is 0.194. The van der Waals surface area contributed by atoms with Crippen LogP contribution in [0.15, 0.2) is 0 Å². The number of carbonyl (C=O) groups excluding carboxylic acids is 2. The van der Waals surface area contributed by atoms with Crippen LogP contribution < -0.4 is 0 Å². The smallest absolute Gasteiger partial charge is 0.167 e. The normalized spacial score (nSPS) is 20.2. The van der Waals surface area contributed by atoms with Gasteiger partial charge in [-0.15, -0.1) is 0 Å². The van der Waals surface area contributed by atoms with Crippen molar-refractivity contribution < 1.29 is 9.59 Å². The molecule has 0 saturated heterocycles. The summed E-state index contributed by atoms with van der Waals surface area (Å²) in [5.41, 5.74) is 3.84. The zero-order chi connectivity index (χ0) is 15.3. The highest BCUT2D eigenvalue weighted by molar-refractivity contribution is 6.12. The zero-order valence-electron chi connectivity index (χ0n) is 13.5. The second-order valence-corrected chi connectivity index (χ2v) is 7.14. The quantitative estimate of drug-likeness (QED) is 0.785. The van der Waals surface area contributed by atoms with Gasteiger partial charge in [0.05, 0.1) is 0 Å². The molecule has 1 aromatic heterocycles. The number of rotatable bonds is 4. The molecule has 114 valence electrons. The van der Waals surface area contributed by atoms with Gasteiger partial charge < -0.3 is 4.57 Å². The van der Waals surface area contributed by atoms with E-state index in [2.05, 4.69) is 4.57 Å². The van der Waals surface area contributed by atoms with Crippen LogP contribution in [0.3, 0.4) is 0 Å². The minimum Gasteiger partial charge on any atom is -0.344 e. The van der Waals surface area contributed by atoms with Crippen LogP contribution in [0.25, 0.3) is 0 Å². The van der Waals surface area contributed by atoms with E-state index in [0.29, 0.717) is 6.04 Å². The molecule has 21 heavy (non-hydrogen) atoms. The van der Waals surface area contributed by atoms with Crippen molar-refractivity contribution in [1.29, 1.82) is 0 Å². The zero-order valence-corrected chi connectivity index (χ0v) is 13.5. The van der Waals surface area contributed by atoms with Crippen molar-refractivity contribution in [2.75, 3.05) is 0 Å². The first-order chi connectivity index (χ1) is 9.93. The Morgan fingerprint density at radius 3 is 1.95 bits per heavy atom. The molecule has 0 aliphatic carbocycles. The Balaban J connectivity index is 2.25. The molecule has 2 aliphatic rings. The molecule has 0 aromatic carbocycles. The van der Waals surface area contributed by atoms with Gasteiger partial charge in [0.1, 0.15) is 0 Å². The van der Waals surface area contributed by atoms with E-state index < -0.39 is 0 Å². The van der Waals surface area contributed by atoms with Gasteiger partial charge in [0.25, 0.3) is 0 Å². The van der Waals surface area contributed by atoms with Crippen LogP contribution in [0.2, 0.25) is 0 Å². The molecule has 0 saturated carbocycles. The van der Waals surface area contributed by atoms with Gasteiger partial charge in [-0.3, -0.25) is 9.59 Å². The van der Waals surface area contributed by atoms with Crippen molar-refractivity contribution in [3.63, 3.8) is 0 Å². The van der Waals surface area contributed by atoms with E-state index in [9.17, 15) is 9.59 Å². The molecule has 0 bridgehead atoms. The average Bonchev–Trinajstić information content (AvgIpc) is 3.00. The molecular weight excluding hydrogens is 262 g/mol. The Kier molecular flexibility index (Phi) is 3.54. The lowest BCUT2D eigenvalue weighted by atomic mass is 9.88. The maximum Gasteiger partial charge on any atom is 0.167 e. The number of hydrogen-bond acceptors (Lipinski definition) is 2. The molecule has 3 heterocycles. The predicted octanol–water partition coefficient (Wildman–Crippen LogP) is 3.99. The summed E-state index contributed by atoms with van der Waals surface area (Å²) >= 11 is 0. The first-order valence-electron chi connectivity index (χ1n) is 8.27. The van der Waals surface area contributed by atoms with Crippen LogP contribution in [0.4, 0.5) is 0 Å². The van der Waals surface area contributed by atoms with E-state index in [-0.39, 0.29) is 23.4 Å². The van der Waals surface area contributed by atoms with Gasteiger partial charge in [-0.05, 0) is 32.1 Å². The third-order valence-corrected chi connectivity index (χ3v) is 4.98. The average molecular weight is 287 g/mol. The fourth-order valence-corrected chi connectivity index (χ4v) is 3.94. The van der Waals surface area contributed by atoms with Gasteiger partial charge in [0.2, 0.25) is 0 Å². The van der Waals surface area contributed by atoms with Gasteiger partial charge >= 0.3 is 0 Å². The van der Waals surface area contributed by atoms with Crippen LogP contribution in [0.5, 0.6) is 0 Å². The largest absolute Gasteiger partial charge is 0.344 e. The highest BCUT2D eigenvalue weighted by Gasteiger charge is 2.38. The lowest BCUT2D eigenvalue weighted by molar-refractivity contribution is 0.0905. The maximum absolute atomic E-state index is 12.7. The van der Waals surface area contributed by atoms with Crippen molar-refractivity contribution in [2.24, 2.45) is 11.8 Å². The van der Waals surface area contributed by atoms with E-state index in [1.807, 2.05) is 27.7 Å². The second kappa shape index (κ2) is 5.11. The number of ketones is 2. The van der Waals surface area contributed by atoms with Crippen LogP contribution >= 0.6 is 0 Å². The highest BCUT2D eigenvalue weighted by Crippen LogP contribution is 2.42. The lowest BCUT2D eigenvalue weighted by Gasteiger charge is -2.23. The molecule has 2 aliphatic heterocycles. The molecule has 0 radical (unpaired) electrons. The molecule has 0 N–H and O–H groups in total.